The third-order valence-electron chi connectivity index (χ3n) is 2.49. The number of nitrogens with one attached hydrogen (secondary N) is 1. The van der Waals surface area contributed by atoms with Gasteiger partial charge in [0.05, 0.1) is 6.07 Å². The number of hydrogen-bond donors (Lipinski definition) is 1. The van der Waals surface area contributed by atoms with Crippen LogP contribution in [0.1, 0.15) is 19.3 Å². The Hall–Kier alpha value is -1.27. The first-order chi connectivity index (χ1) is 7.29. The Balaban J connectivity index is 2.16. The first-order valence-corrected chi connectivity index (χ1v) is 5.73. The maximum atomic E-state index is 8.90. The summed E-state index contributed by atoms with van der Waals surface area (Å²) in [5.74, 6) is 0. The van der Waals surface area contributed by atoms with E-state index < -0.39 is 0 Å². The molecule has 0 saturated heterocycles. The lowest BCUT2D eigenvalue weighted by molar-refractivity contribution is 0.901. The van der Waals surface area contributed by atoms with Gasteiger partial charge in [-0.2, -0.15) is 5.26 Å². The van der Waals surface area contributed by atoms with Crippen molar-refractivity contribution < 1.29 is 0 Å². The molecule has 0 saturated carbocycles. The zero-order valence-corrected chi connectivity index (χ0v) is 9.84. The van der Waals surface area contributed by atoms with Crippen molar-refractivity contribution in [2.45, 2.75) is 19.3 Å². The zero-order chi connectivity index (χ0) is 10.7. The molecule has 0 aromatic heterocycles. The van der Waals surface area contributed by atoms with E-state index >= 15 is 0 Å². The first kappa shape index (κ1) is 10.3. The van der Waals surface area contributed by atoms with Crippen molar-refractivity contribution in [1.29, 1.82) is 5.26 Å². The molecule has 0 bridgehead atoms. The van der Waals surface area contributed by atoms with Crippen LogP contribution in [0, 0.1) is 11.3 Å². The lowest BCUT2D eigenvalue weighted by Crippen LogP contribution is -1.98. The van der Waals surface area contributed by atoms with Gasteiger partial charge < -0.3 is 5.32 Å². The first-order valence-electron chi connectivity index (χ1n) is 4.94. The molecule has 1 aliphatic carbocycles. The van der Waals surface area contributed by atoms with E-state index in [-0.39, 0.29) is 0 Å². The maximum absolute atomic E-state index is 8.90. The molecular weight excluding hydrogens is 252 g/mol. The SMILES string of the molecule is N#CC1=C(Nc2ccc(Br)cc2)CCC1. The molecule has 76 valence electrons. The van der Waals surface area contributed by atoms with E-state index in [0.29, 0.717) is 0 Å². The molecule has 0 heterocycles. The monoisotopic (exact) mass is 262 g/mol. The fourth-order valence-electron chi connectivity index (χ4n) is 1.71. The highest BCUT2D eigenvalue weighted by molar-refractivity contribution is 9.10. The van der Waals surface area contributed by atoms with Crippen LogP contribution in [0.5, 0.6) is 0 Å². The molecule has 0 spiro atoms. The van der Waals surface area contributed by atoms with Gasteiger partial charge in [0.1, 0.15) is 0 Å². The Kier molecular flexibility index (Phi) is 3.08. The molecule has 1 aromatic carbocycles. The van der Waals surface area contributed by atoms with Crippen LogP contribution in [0.25, 0.3) is 0 Å². The van der Waals surface area contributed by atoms with E-state index in [1.165, 1.54) is 0 Å². The lowest BCUT2D eigenvalue weighted by atomic mass is 10.2. The molecule has 3 heteroatoms. The molecule has 0 fully saturated rings. The van der Waals surface area contributed by atoms with Crippen molar-refractivity contribution in [1.82, 2.24) is 0 Å². The van der Waals surface area contributed by atoms with E-state index in [1.54, 1.807) is 0 Å². The number of hydrogen-bond acceptors (Lipinski definition) is 2. The average Bonchev–Trinajstić information content (AvgIpc) is 2.69. The minimum atomic E-state index is 0.901. The zero-order valence-electron chi connectivity index (χ0n) is 8.26. The van der Waals surface area contributed by atoms with Crippen LogP contribution in [-0.2, 0) is 0 Å². The van der Waals surface area contributed by atoms with Gasteiger partial charge in [0.25, 0.3) is 0 Å². The lowest BCUT2D eigenvalue weighted by Gasteiger charge is -2.07. The largest absolute Gasteiger partial charge is 0.358 e. The van der Waals surface area contributed by atoms with Gasteiger partial charge in [0.15, 0.2) is 0 Å². The van der Waals surface area contributed by atoms with Crippen LogP contribution in [0.2, 0.25) is 0 Å². The fourth-order valence-corrected chi connectivity index (χ4v) is 1.98. The molecule has 15 heavy (non-hydrogen) atoms. The second-order valence-electron chi connectivity index (χ2n) is 3.55. The summed E-state index contributed by atoms with van der Waals surface area (Å²) in [4.78, 5) is 0. The summed E-state index contributed by atoms with van der Waals surface area (Å²) in [5, 5.41) is 12.2. The highest BCUT2D eigenvalue weighted by Gasteiger charge is 2.13. The molecule has 0 radical (unpaired) electrons. The number of benzene rings is 1. The summed E-state index contributed by atoms with van der Waals surface area (Å²) < 4.78 is 1.06. The van der Waals surface area contributed by atoms with Gasteiger partial charge in [-0.3, -0.25) is 0 Å². The van der Waals surface area contributed by atoms with Crippen molar-refractivity contribution in [3.63, 3.8) is 0 Å². The smallest absolute Gasteiger partial charge is 0.0965 e. The predicted octanol–water partition coefficient (Wildman–Crippen LogP) is 3.82. The van der Waals surface area contributed by atoms with E-state index in [1.807, 2.05) is 24.3 Å². The van der Waals surface area contributed by atoms with Crippen molar-refractivity contribution in [3.8, 4) is 6.07 Å². The van der Waals surface area contributed by atoms with E-state index in [4.69, 9.17) is 5.26 Å². The summed E-state index contributed by atoms with van der Waals surface area (Å²) >= 11 is 3.39. The second kappa shape index (κ2) is 4.50. The third kappa shape index (κ3) is 2.40. The molecule has 1 N–H and O–H groups in total. The number of rotatable bonds is 2. The van der Waals surface area contributed by atoms with Gasteiger partial charge >= 0.3 is 0 Å². The Morgan fingerprint density at radius 2 is 1.93 bits per heavy atom. The second-order valence-corrected chi connectivity index (χ2v) is 4.47. The van der Waals surface area contributed by atoms with Crippen LogP contribution < -0.4 is 5.32 Å². The van der Waals surface area contributed by atoms with Crippen LogP contribution >= 0.6 is 15.9 Å². The Morgan fingerprint density at radius 1 is 1.20 bits per heavy atom. The van der Waals surface area contributed by atoms with Crippen molar-refractivity contribution >= 4 is 21.6 Å². The van der Waals surface area contributed by atoms with Crippen LogP contribution in [0.3, 0.4) is 0 Å². The van der Waals surface area contributed by atoms with Gasteiger partial charge in [-0.05, 0) is 43.5 Å². The molecule has 0 amide bonds. The summed E-state index contributed by atoms with van der Waals surface area (Å²) in [6.45, 7) is 0. The van der Waals surface area contributed by atoms with Crippen molar-refractivity contribution in [2.75, 3.05) is 5.32 Å². The normalized spacial score (nSPS) is 15.2. The van der Waals surface area contributed by atoms with E-state index in [0.717, 1.165) is 40.7 Å². The van der Waals surface area contributed by atoms with Gasteiger partial charge in [0, 0.05) is 21.4 Å². The molecule has 0 aliphatic heterocycles. The average molecular weight is 263 g/mol. The van der Waals surface area contributed by atoms with E-state index in [9.17, 15) is 0 Å². The van der Waals surface area contributed by atoms with Crippen LogP contribution in [0.15, 0.2) is 40.0 Å². The predicted molar refractivity (Wildman–Crippen MR) is 64.3 cm³/mol. The fraction of sp³-hybridized carbons (Fsp3) is 0.250. The standard InChI is InChI=1S/C12H11BrN2/c13-10-4-6-11(7-5-10)15-12-3-1-2-9(12)8-14/h4-7,15H,1-3H2. The topological polar surface area (TPSA) is 35.8 Å². The van der Waals surface area contributed by atoms with Gasteiger partial charge in [-0.25, -0.2) is 0 Å². The van der Waals surface area contributed by atoms with Crippen molar-refractivity contribution in [3.05, 3.63) is 40.0 Å². The molecule has 2 nitrogen and oxygen atoms in total. The number of anilines is 1. The van der Waals surface area contributed by atoms with E-state index in [2.05, 4.69) is 27.3 Å². The number of nitriles is 1. The summed E-state index contributed by atoms with van der Waals surface area (Å²) in [5.41, 5.74) is 3.03. The van der Waals surface area contributed by atoms with Gasteiger partial charge in [-0.15, -0.1) is 0 Å². The minimum absolute atomic E-state index is 0.901. The molecule has 1 aromatic rings. The maximum Gasteiger partial charge on any atom is 0.0965 e. The quantitative estimate of drug-likeness (QED) is 0.880. The summed E-state index contributed by atoms with van der Waals surface area (Å²) in [6, 6.07) is 10.2. The molecule has 2 rings (SSSR count). The molecular formula is C12H11BrN2. The minimum Gasteiger partial charge on any atom is -0.358 e. The highest BCUT2D eigenvalue weighted by Crippen LogP contribution is 2.27. The number of allylic oxidation sites excluding steroid dienone is 2. The molecule has 1 aliphatic rings. The number of nitrogens with zero attached hydrogens (tertiary/aromatic N) is 1. The Morgan fingerprint density at radius 3 is 2.60 bits per heavy atom. The Labute approximate surface area is 97.7 Å². The number of halogens is 1. The van der Waals surface area contributed by atoms with Gasteiger partial charge in [-0.1, -0.05) is 15.9 Å². The summed E-state index contributed by atoms with van der Waals surface area (Å²) in [7, 11) is 0. The third-order valence-corrected chi connectivity index (χ3v) is 3.02. The van der Waals surface area contributed by atoms with Gasteiger partial charge in [0.2, 0.25) is 0 Å². The molecule has 0 atom stereocenters. The Bertz CT molecular complexity index is 426. The highest BCUT2D eigenvalue weighted by atomic mass is 79.9. The van der Waals surface area contributed by atoms with Crippen molar-refractivity contribution in [2.24, 2.45) is 0 Å². The molecule has 0 unspecified atom stereocenters. The van der Waals surface area contributed by atoms with Crippen LogP contribution in [0.4, 0.5) is 5.69 Å². The summed E-state index contributed by atoms with van der Waals surface area (Å²) in [6.07, 6.45) is 2.98. The van der Waals surface area contributed by atoms with Crippen LogP contribution in [-0.4, -0.2) is 0 Å².